The van der Waals surface area contributed by atoms with Gasteiger partial charge in [-0.1, -0.05) is 6.07 Å². The van der Waals surface area contributed by atoms with Crippen molar-refractivity contribution >= 4 is 10.8 Å². The molecule has 2 atom stereocenters. The Labute approximate surface area is 117 Å². The topological polar surface area (TPSA) is 29.1 Å². The van der Waals surface area contributed by atoms with Gasteiger partial charge in [-0.25, -0.2) is 0 Å². The Bertz CT molecular complexity index is 536. The molecule has 1 N–H and O–H groups in total. The second-order valence-electron chi connectivity index (χ2n) is 6.20. The number of nitrogens with one attached hydrogen (secondary N) is 1. The lowest BCUT2D eigenvalue weighted by Gasteiger charge is -2.20. The minimum absolute atomic E-state index is 0.444. The Morgan fingerprint density at radius 1 is 1.05 bits per heavy atom. The molecule has 102 valence electrons. The molecule has 0 aromatic heterocycles. The summed E-state index contributed by atoms with van der Waals surface area (Å²) in [7, 11) is -0.780. The summed E-state index contributed by atoms with van der Waals surface area (Å²) in [5.41, 5.74) is 4.32. The maximum Gasteiger partial charge on any atom is 0.0533 e. The second kappa shape index (κ2) is 4.71. The van der Waals surface area contributed by atoms with Crippen molar-refractivity contribution in [2.75, 3.05) is 5.75 Å². The van der Waals surface area contributed by atoms with Crippen molar-refractivity contribution in [3.8, 4) is 0 Å². The van der Waals surface area contributed by atoms with Crippen molar-refractivity contribution in [2.24, 2.45) is 0 Å². The molecule has 1 fully saturated rings. The van der Waals surface area contributed by atoms with Gasteiger partial charge in [0, 0.05) is 22.7 Å². The highest BCUT2D eigenvalue weighted by Crippen LogP contribution is 2.36. The van der Waals surface area contributed by atoms with Crippen LogP contribution >= 0.6 is 0 Å². The van der Waals surface area contributed by atoms with E-state index >= 15 is 0 Å². The largest absolute Gasteiger partial charge is 0.307 e. The lowest BCUT2D eigenvalue weighted by molar-refractivity contribution is 0.490. The molecule has 1 heterocycles. The zero-order valence-electron chi connectivity index (χ0n) is 11.3. The van der Waals surface area contributed by atoms with E-state index < -0.39 is 10.8 Å². The van der Waals surface area contributed by atoms with Gasteiger partial charge in [0.2, 0.25) is 0 Å². The van der Waals surface area contributed by atoms with E-state index in [1.807, 2.05) is 0 Å². The summed E-state index contributed by atoms with van der Waals surface area (Å²) in [6.07, 6.45) is 8.53. The molecule has 19 heavy (non-hydrogen) atoms. The molecule has 2 aliphatic carbocycles. The van der Waals surface area contributed by atoms with Crippen LogP contribution in [0.4, 0.5) is 0 Å². The van der Waals surface area contributed by atoms with Crippen LogP contribution < -0.4 is 5.32 Å². The van der Waals surface area contributed by atoms with E-state index in [0.717, 1.165) is 29.5 Å². The summed E-state index contributed by atoms with van der Waals surface area (Å²) >= 11 is 0. The van der Waals surface area contributed by atoms with Crippen molar-refractivity contribution in [3.05, 3.63) is 28.8 Å². The predicted octanol–water partition coefficient (Wildman–Crippen LogP) is 2.87. The van der Waals surface area contributed by atoms with Crippen molar-refractivity contribution in [1.29, 1.82) is 0 Å². The lowest BCUT2D eigenvalue weighted by Crippen LogP contribution is -2.23. The third-order valence-corrected chi connectivity index (χ3v) is 6.19. The van der Waals surface area contributed by atoms with Gasteiger partial charge in [0.15, 0.2) is 0 Å². The summed E-state index contributed by atoms with van der Waals surface area (Å²) in [6.45, 7) is 0. The number of hydrogen-bond acceptors (Lipinski definition) is 2. The van der Waals surface area contributed by atoms with Gasteiger partial charge in [-0.05, 0) is 67.7 Å². The average molecular weight is 275 g/mol. The van der Waals surface area contributed by atoms with Gasteiger partial charge in [-0.15, -0.1) is 0 Å². The summed E-state index contributed by atoms with van der Waals surface area (Å²) in [4.78, 5) is 1.14. The molecule has 1 aromatic carbocycles. The van der Waals surface area contributed by atoms with Crippen LogP contribution in [0.15, 0.2) is 17.0 Å². The molecule has 4 rings (SSSR count). The number of hydrogen-bond donors (Lipinski definition) is 1. The SMILES string of the molecule is O=S1CCCC(NC2CC2)c2cc3c(cc21)CCC3. The molecule has 0 radical (unpaired) electrons. The van der Waals surface area contributed by atoms with Crippen LogP contribution in [-0.2, 0) is 23.6 Å². The van der Waals surface area contributed by atoms with Gasteiger partial charge in [0.25, 0.3) is 0 Å². The van der Waals surface area contributed by atoms with Gasteiger partial charge in [0.05, 0.1) is 10.8 Å². The van der Waals surface area contributed by atoms with Crippen molar-refractivity contribution in [1.82, 2.24) is 5.32 Å². The maximum atomic E-state index is 12.4. The van der Waals surface area contributed by atoms with Gasteiger partial charge >= 0.3 is 0 Å². The fourth-order valence-electron chi connectivity index (χ4n) is 3.48. The predicted molar refractivity (Wildman–Crippen MR) is 77.9 cm³/mol. The minimum atomic E-state index is -0.780. The van der Waals surface area contributed by atoms with E-state index in [1.165, 1.54) is 48.8 Å². The molecule has 1 aromatic rings. The summed E-state index contributed by atoms with van der Waals surface area (Å²) < 4.78 is 12.4. The molecule has 0 bridgehead atoms. The van der Waals surface area contributed by atoms with Gasteiger partial charge in [0.1, 0.15) is 0 Å². The first-order chi connectivity index (χ1) is 9.31. The van der Waals surface area contributed by atoms with E-state index in [9.17, 15) is 4.21 Å². The zero-order chi connectivity index (χ0) is 12.8. The quantitative estimate of drug-likeness (QED) is 0.899. The molecule has 1 aliphatic heterocycles. The number of benzene rings is 1. The standard InChI is InChI=1S/C16H21NOS/c18-19-8-2-5-15(17-13-6-7-13)14-9-11-3-1-4-12(11)10-16(14)19/h9-10,13,15,17H,1-8H2. The molecule has 0 saturated heterocycles. The molecular formula is C16H21NOS. The molecule has 3 aliphatic rings. The van der Waals surface area contributed by atoms with Gasteiger partial charge in [-0.3, -0.25) is 4.21 Å². The number of fused-ring (bicyclic) bond motifs is 2. The van der Waals surface area contributed by atoms with E-state index in [1.54, 1.807) is 0 Å². The Morgan fingerprint density at radius 3 is 2.63 bits per heavy atom. The van der Waals surface area contributed by atoms with E-state index in [-0.39, 0.29) is 0 Å². The maximum absolute atomic E-state index is 12.4. The number of rotatable bonds is 2. The van der Waals surface area contributed by atoms with Crippen LogP contribution in [0.1, 0.15) is 54.8 Å². The first-order valence-electron chi connectivity index (χ1n) is 7.61. The zero-order valence-corrected chi connectivity index (χ0v) is 12.1. The summed E-state index contributed by atoms with van der Waals surface area (Å²) in [5.74, 6) is 0.842. The third kappa shape index (κ3) is 2.27. The van der Waals surface area contributed by atoms with E-state index in [0.29, 0.717) is 6.04 Å². The second-order valence-corrected chi connectivity index (χ2v) is 7.74. The van der Waals surface area contributed by atoms with Crippen LogP contribution in [0.5, 0.6) is 0 Å². The molecule has 3 heteroatoms. The first kappa shape index (κ1) is 12.1. The van der Waals surface area contributed by atoms with E-state index in [2.05, 4.69) is 17.4 Å². The van der Waals surface area contributed by atoms with Crippen LogP contribution in [-0.4, -0.2) is 16.0 Å². The Kier molecular flexibility index (Phi) is 3.00. The molecule has 0 amide bonds. The normalized spacial score (nSPS) is 29.7. The summed E-state index contributed by atoms with van der Waals surface area (Å²) in [6, 6.07) is 5.80. The molecular weight excluding hydrogens is 254 g/mol. The molecule has 2 unspecified atom stereocenters. The highest BCUT2D eigenvalue weighted by atomic mass is 32.2. The highest BCUT2D eigenvalue weighted by Gasteiger charge is 2.30. The average Bonchev–Trinajstić information content (AvgIpc) is 3.13. The van der Waals surface area contributed by atoms with E-state index in [4.69, 9.17) is 0 Å². The van der Waals surface area contributed by atoms with Gasteiger partial charge in [-0.2, -0.15) is 0 Å². The van der Waals surface area contributed by atoms with Crippen LogP contribution in [0.2, 0.25) is 0 Å². The summed E-state index contributed by atoms with van der Waals surface area (Å²) in [5, 5.41) is 3.77. The highest BCUT2D eigenvalue weighted by molar-refractivity contribution is 7.85. The third-order valence-electron chi connectivity index (χ3n) is 4.68. The molecule has 1 saturated carbocycles. The smallest absolute Gasteiger partial charge is 0.0533 e. The van der Waals surface area contributed by atoms with Crippen molar-refractivity contribution in [3.63, 3.8) is 0 Å². The molecule has 0 spiro atoms. The van der Waals surface area contributed by atoms with Crippen LogP contribution in [0, 0.1) is 0 Å². The Balaban J connectivity index is 1.77. The lowest BCUT2D eigenvalue weighted by atomic mass is 9.98. The Hall–Kier alpha value is -0.670. The van der Waals surface area contributed by atoms with Crippen molar-refractivity contribution < 1.29 is 4.21 Å². The van der Waals surface area contributed by atoms with Crippen LogP contribution in [0.25, 0.3) is 0 Å². The first-order valence-corrected chi connectivity index (χ1v) is 8.93. The monoisotopic (exact) mass is 275 g/mol. The fraction of sp³-hybridized carbons (Fsp3) is 0.625. The van der Waals surface area contributed by atoms with Crippen molar-refractivity contribution in [2.45, 2.75) is 61.9 Å². The minimum Gasteiger partial charge on any atom is -0.307 e. The number of aryl methyl sites for hydroxylation is 2. The fourth-order valence-corrected chi connectivity index (χ4v) is 4.87. The van der Waals surface area contributed by atoms with Crippen LogP contribution in [0.3, 0.4) is 0 Å². The Morgan fingerprint density at radius 2 is 1.84 bits per heavy atom. The van der Waals surface area contributed by atoms with Gasteiger partial charge < -0.3 is 5.32 Å². The molecule has 2 nitrogen and oxygen atoms in total.